The zero-order valence-electron chi connectivity index (χ0n) is 32.5. The summed E-state index contributed by atoms with van der Waals surface area (Å²) in [5.41, 5.74) is 13.0. The summed E-state index contributed by atoms with van der Waals surface area (Å²) in [5, 5.41) is 7.95. The first-order chi connectivity index (χ1) is 29.2. The zero-order valence-corrected chi connectivity index (χ0v) is 32.5. The molecular weight excluding hydrogens is 721 g/mol. The number of para-hydroxylation sites is 2. The van der Waals surface area contributed by atoms with Gasteiger partial charge in [0.25, 0.3) is 0 Å². The van der Waals surface area contributed by atoms with Crippen molar-refractivity contribution in [2.24, 2.45) is 0 Å². The Morgan fingerprint density at radius 1 is 0.525 bits per heavy atom. The van der Waals surface area contributed by atoms with Crippen LogP contribution in [-0.2, 0) is 0 Å². The van der Waals surface area contributed by atoms with Crippen LogP contribution in [0.15, 0.2) is 200 Å². The second kappa shape index (κ2) is 14.3. The lowest BCUT2D eigenvalue weighted by Crippen LogP contribution is -2.53. The van der Waals surface area contributed by atoms with E-state index >= 15 is 0 Å². The summed E-state index contributed by atoms with van der Waals surface area (Å²) in [6, 6.07) is 66.8. The second-order valence-electron chi connectivity index (χ2n) is 15.0. The van der Waals surface area contributed by atoms with Gasteiger partial charge in [0.2, 0.25) is 6.71 Å². The Balaban J connectivity index is 1.24. The summed E-state index contributed by atoms with van der Waals surface area (Å²) in [6.07, 6.45) is 3.74. The second-order valence-corrected chi connectivity index (χ2v) is 15.0. The number of nitrogens with zero attached hydrogens (tertiary/aromatic N) is 7. The van der Waals surface area contributed by atoms with Gasteiger partial charge in [-0.25, -0.2) is 14.6 Å². The lowest BCUT2D eigenvalue weighted by molar-refractivity contribution is 0.892. The monoisotopic (exact) mass is 759 g/mol. The van der Waals surface area contributed by atoms with Crippen LogP contribution in [0, 0.1) is 0 Å². The minimum Gasteiger partial charge on any atom is -0.340 e. The predicted molar refractivity (Wildman–Crippen MR) is 244 cm³/mol. The van der Waals surface area contributed by atoms with Gasteiger partial charge in [0.05, 0.1) is 40.5 Å². The van der Waals surface area contributed by atoms with E-state index in [0.717, 1.165) is 78.6 Å². The van der Waals surface area contributed by atoms with E-state index in [1.807, 2.05) is 24.5 Å². The molecule has 0 bridgehead atoms. The molecule has 7 nitrogen and oxygen atoms in total. The average molecular weight is 760 g/mol. The molecule has 4 aromatic heterocycles. The van der Waals surface area contributed by atoms with Gasteiger partial charge in [0.15, 0.2) is 5.82 Å². The van der Waals surface area contributed by atoms with Crippen LogP contribution in [0.3, 0.4) is 0 Å². The van der Waals surface area contributed by atoms with Crippen molar-refractivity contribution in [2.75, 3.05) is 23.5 Å². The molecule has 5 heterocycles. The minimum absolute atomic E-state index is 0.244. The number of pyridine rings is 2. The molecule has 0 unspecified atom stereocenters. The average Bonchev–Trinajstić information content (AvgIpc) is 3.97. The molecule has 10 aromatic rings. The smallest absolute Gasteiger partial charge is 0.247 e. The lowest BCUT2D eigenvalue weighted by Gasteiger charge is -2.23. The van der Waals surface area contributed by atoms with Gasteiger partial charge in [-0.2, -0.15) is 5.10 Å². The summed E-state index contributed by atoms with van der Waals surface area (Å²) in [5.74, 6) is 1.86. The van der Waals surface area contributed by atoms with E-state index in [4.69, 9.17) is 15.1 Å². The van der Waals surface area contributed by atoms with Crippen LogP contribution < -0.4 is 26.2 Å². The Bertz CT molecular complexity index is 3110. The van der Waals surface area contributed by atoms with Crippen molar-refractivity contribution in [3.63, 3.8) is 0 Å². The molecule has 8 heteroatoms. The first-order valence-electron chi connectivity index (χ1n) is 20.0. The number of hydrogen-bond donors (Lipinski definition) is 0. The molecule has 6 aromatic carbocycles. The fraction of sp³-hybridized carbons (Fsp3) is 0.0392. The molecule has 0 aliphatic carbocycles. The van der Waals surface area contributed by atoms with Crippen LogP contribution in [0.4, 0.5) is 17.2 Å². The van der Waals surface area contributed by atoms with Gasteiger partial charge in [-0.15, -0.1) is 0 Å². The predicted octanol–water partition coefficient (Wildman–Crippen LogP) is 9.15. The number of hydrogen-bond acceptors (Lipinski definition) is 5. The molecule has 0 atom stereocenters. The molecule has 0 fully saturated rings. The summed E-state index contributed by atoms with van der Waals surface area (Å²) in [4.78, 5) is 14.2. The Hall–Kier alpha value is -7.71. The molecule has 0 N–H and O–H groups in total. The normalized spacial score (nSPS) is 12.4. The van der Waals surface area contributed by atoms with Gasteiger partial charge >= 0.3 is 0 Å². The lowest BCUT2D eigenvalue weighted by atomic mass is 9.36. The van der Waals surface area contributed by atoms with Crippen LogP contribution in [0.1, 0.15) is 0 Å². The van der Waals surface area contributed by atoms with E-state index in [0.29, 0.717) is 6.67 Å². The topological polar surface area (TPSA) is 55.0 Å². The standard InChI is InChI=1S/C51H38BN7/c1-56-35-57(45-27-16-32-54-51(45)56)41-24-15-21-38(33-41)52(39-29-30-43-42-25-11-12-26-44(42)58(46(43)34-39)47-28-13-14-31-53-47)48-49(36-17-5-2-6-18-36)55-59(40-22-9-4-10-23-40)50(48)37-19-7-3-8-20-37/h2-34H,35H2,1H3. The van der Waals surface area contributed by atoms with Gasteiger partial charge < -0.3 is 9.80 Å². The van der Waals surface area contributed by atoms with E-state index in [9.17, 15) is 0 Å². The third-order valence-electron chi connectivity index (χ3n) is 11.5. The first kappa shape index (κ1) is 34.5. The Labute approximate surface area is 343 Å². The maximum atomic E-state index is 5.58. The van der Waals surface area contributed by atoms with Gasteiger partial charge in [-0.3, -0.25) is 4.57 Å². The Kier molecular flexibility index (Phi) is 8.40. The van der Waals surface area contributed by atoms with Crippen molar-refractivity contribution in [3.8, 4) is 34.0 Å². The fourth-order valence-electron chi connectivity index (χ4n) is 8.91. The van der Waals surface area contributed by atoms with E-state index in [1.54, 1.807) is 0 Å². The largest absolute Gasteiger partial charge is 0.340 e. The molecule has 59 heavy (non-hydrogen) atoms. The molecule has 0 saturated heterocycles. The molecule has 11 rings (SSSR count). The van der Waals surface area contributed by atoms with Crippen molar-refractivity contribution in [1.82, 2.24) is 24.3 Å². The fourth-order valence-corrected chi connectivity index (χ4v) is 8.91. The summed E-state index contributed by atoms with van der Waals surface area (Å²) in [6.45, 7) is 0.457. The molecule has 1 aliphatic heterocycles. The number of rotatable bonds is 8. The maximum Gasteiger partial charge on any atom is 0.247 e. The van der Waals surface area contributed by atoms with Crippen LogP contribution in [0.25, 0.3) is 55.8 Å². The van der Waals surface area contributed by atoms with Crippen LogP contribution in [-0.4, -0.2) is 44.7 Å². The highest BCUT2D eigenvalue weighted by molar-refractivity contribution is 6.97. The number of benzene rings is 6. The molecule has 0 saturated carbocycles. The van der Waals surface area contributed by atoms with Crippen molar-refractivity contribution >= 4 is 62.1 Å². The summed E-state index contributed by atoms with van der Waals surface area (Å²) < 4.78 is 4.44. The van der Waals surface area contributed by atoms with E-state index < -0.39 is 0 Å². The van der Waals surface area contributed by atoms with E-state index in [-0.39, 0.29) is 6.71 Å². The Morgan fingerprint density at radius 3 is 2.00 bits per heavy atom. The van der Waals surface area contributed by atoms with E-state index in [1.165, 1.54) is 10.8 Å². The number of fused-ring (bicyclic) bond motifs is 4. The van der Waals surface area contributed by atoms with Gasteiger partial charge in [0.1, 0.15) is 5.82 Å². The first-order valence-corrected chi connectivity index (χ1v) is 20.0. The van der Waals surface area contributed by atoms with Gasteiger partial charge in [0, 0.05) is 41.5 Å². The van der Waals surface area contributed by atoms with Gasteiger partial charge in [-0.1, -0.05) is 138 Å². The number of anilines is 3. The molecular formula is C51H38BN7. The third kappa shape index (κ3) is 5.88. The van der Waals surface area contributed by atoms with Crippen LogP contribution in [0.2, 0.25) is 0 Å². The maximum absolute atomic E-state index is 5.58. The third-order valence-corrected chi connectivity index (χ3v) is 11.5. The van der Waals surface area contributed by atoms with Crippen molar-refractivity contribution in [1.29, 1.82) is 0 Å². The Morgan fingerprint density at radius 2 is 1.20 bits per heavy atom. The SMILES string of the molecule is CN1CN(c2cccc(B(c3ccc4c5ccccc5n(-c5ccccn5)c4c3)c3c(-c4ccccc4)nn(-c4ccccc4)c3-c3ccccc3)c2)c2cccnc21. The molecule has 0 spiro atoms. The van der Waals surface area contributed by atoms with Crippen LogP contribution in [0.5, 0.6) is 0 Å². The zero-order chi connectivity index (χ0) is 39.3. The minimum atomic E-state index is -0.244. The van der Waals surface area contributed by atoms with Gasteiger partial charge in [-0.05, 0) is 71.7 Å². The molecule has 280 valence electrons. The van der Waals surface area contributed by atoms with Crippen molar-refractivity contribution in [2.45, 2.75) is 0 Å². The summed E-state index contributed by atoms with van der Waals surface area (Å²) >= 11 is 0. The highest BCUT2D eigenvalue weighted by Gasteiger charge is 2.35. The quantitative estimate of drug-likeness (QED) is 0.145. The summed E-state index contributed by atoms with van der Waals surface area (Å²) in [7, 11) is 2.10. The molecule has 0 radical (unpaired) electrons. The number of aromatic nitrogens is 5. The highest BCUT2D eigenvalue weighted by atomic mass is 15.4. The van der Waals surface area contributed by atoms with E-state index in [2.05, 4.69) is 202 Å². The molecule has 1 aliphatic rings. The van der Waals surface area contributed by atoms with Crippen molar-refractivity contribution in [3.05, 3.63) is 200 Å². The molecule has 0 amide bonds. The van der Waals surface area contributed by atoms with Crippen molar-refractivity contribution < 1.29 is 0 Å². The van der Waals surface area contributed by atoms with Crippen LogP contribution >= 0.6 is 0 Å². The highest BCUT2D eigenvalue weighted by Crippen LogP contribution is 2.38.